The number of furan rings is 1. The fourth-order valence-electron chi connectivity index (χ4n) is 2.20. The molecule has 0 saturated heterocycles. The second-order valence-corrected chi connectivity index (χ2v) is 6.12. The van der Waals surface area contributed by atoms with Gasteiger partial charge in [-0.3, -0.25) is 0 Å². The van der Waals surface area contributed by atoms with E-state index in [1.54, 1.807) is 0 Å². The maximum Gasteiger partial charge on any atom is 0.197 e. The highest BCUT2D eigenvalue weighted by Gasteiger charge is 2.36. The predicted octanol–water partition coefficient (Wildman–Crippen LogP) is 4.84. The van der Waals surface area contributed by atoms with Crippen LogP contribution in [0.3, 0.4) is 0 Å². The molecule has 0 aromatic carbocycles. The standard InChI is InChI=1S/C14H14BrClN2O/c1-3-9-12(15)13(16)18-14(17-9)11-5-4-10(19-11)8-6-7(8)2/h4-5,7-8H,3,6H2,1-2H3. The van der Waals surface area contributed by atoms with Crippen molar-refractivity contribution in [3.05, 3.63) is 33.2 Å². The minimum Gasteiger partial charge on any atom is -0.457 e. The molecule has 2 aromatic heterocycles. The second-order valence-electron chi connectivity index (χ2n) is 4.97. The lowest BCUT2D eigenvalue weighted by atomic mass is 10.3. The van der Waals surface area contributed by atoms with Crippen LogP contribution in [0, 0.1) is 5.92 Å². The lowest BCUT2D eigenvalue weighted by Crippen LogP contribution is -1.96. The second kappa shape index (κ2) is 4.91. The quantitative estimate of drug-likeness (QED) is 0.750. The molecule has 3 nitrogen and oxygen atoms in total. The van der Waals surface area contributed by atoms with Crippen LogP contribution < -0.4 is 0 Å². The van der Waals surface area contributed by atoms with Crippen molar-refractivity contribution in [3.8, 4) is 11.6 Å². The van der Waals surface area contributed by atoms with E-state index in [9.17, 15) is 0 Å². The number of hydrogen-bond donors (Lipinski definition) is 0. The van der Waals surface area contributed by atoms with Gasteiger partial charge in [0, 0.05) is 5.92 Å². The molecule has 0 radical (unpaired) electrons. The number of aromatic nitrogens is 2. The van der Waals surface area contributed by atoms with Gasteiger partial charge in [0.1, 0.15) is 10.9 Å². The van der Waals surface area contributed by atoms with Gasteiger partial charge in [-0.15, -0.1) is 0 Å². The van der Waals surface area contributed by atoms with Crippen molar-refractivity contribution >= 4 is 27.5 Å². The SMILES string of the molecule is CCc1nc(-c2ccc(C3CC3C)o2)nc(Cl)c1Br. The summed E-state index contributed by atoms with van der Waals surface area (Å²) < 4.78 is 6.63. The molecular formula is C14H14BrClN2O. The Hall–Kier alpha value is -0.870. The molecule has 3 rings (SSSR count). The molecule has 1 saturated carbocycles. The maximum atomic E-state index is 6.11. The molecule has 0 N–H and O–H groups in total. The largest absolute Gasteiger partial charge is 0.457 e. The van der Waals surface area contributed by atoms with Crippen molar-refractivity contribution in [2.24, 2.45) is 5.92 Å². The average molecular weight is 342 g/mol. The molecule has 2 unspecified atom stereocenters. The topological polar surface area (TPSA) is 38.9 Å². The van der Waals surface area contributed by atoms with E-state index in [2.05, 4.69) is 32.8 Å². The first-order valence-corrected chi connectivity index (χ1v) is 7.59. The molecule has 2 heterocycles. The molecule has 2 aromatic rings. The molecule has 0 bridgehead atoms. The third kappa shape index (κ3) is 2.43. The van der Waals surface area contributed by atoms with Crippen molar-refractivity contribution in [2.45, 2.75) is 32.6 Å². The van der Waals surface area contributed by atoms with Crippen molar-refractivity contribution in [2.75, 3.05) is 0 Å². The summed E-state index contributed by atoms with van der Waals surface area (Å²) in [6, 6.07) is 3.95. The summed E-state index contributed by atoms with van der Waals surface area (Å²) in [5.41, 5.74) is 0.896. The lowest BCUT2D eigenvalue weighted by molar-refractivity contribution is 0.514. The van der Waals surface area contributed by atoms with E-state index in [1.165, 1.54) is 6.42 Å². The Morgan fingerprint density at radius 1 is 1.42 bits per heavy atom. The van der Waals surface area contributed by atoms with Crippen molar-refractivity contribution in [1.82, 2.24) is 9.97 Å². The first kappa shape index (κ1) is 13.1. The third-order valence-corrected chi connectivity index (χ3v) is 4.87. The van der Waals surface area contributed by atoms with Crippen molar-refractivity contribution in [3.63, 3.8) is 0 Å². The van der Waals surface area contributed by atoms with Gasteiger partial charge in [0.15, 0.2) is 11.6 Å². The smallest absolute Gasteiger partial charge is 0.197 e. The molecule has 0 aliphatic heterocycles. The molecule has 0 spiro atoms. The monoisotopic (exact) mass is 340 g/mol. The number of rotatable bonds is 3. The zero-order valence-electron chi connectivity index (χ0n) is 10.8. The van der Waals surface area contributed by atoms with Crippen LogP contribution >= 0.6 is 27.5 Å². The van der Waals surface area contributed by atoms with Gasteiger partial charge in [-0.25, -0.2) is 9.97 Å². The highest BCUT2D eigenvalue weighted by molar-refractivity contribution is 9.10. The number of halogens is 2. The predicted molar refractivity (Wildman–Crippen MR) is 78.3 cm³/mol. The molecule has 0 amide bonds. The highest BCUT2D eigenvalue weighted by Crippen LogP contribution is 2.47. The van der Waals surface area contributed by atoms with Crippen LogP contribution in [0.15, 0.2) is 21.0 Å². The molecule has 1 aliphatic rings. The van der Waals surface area contributed by atoms with Crippen LogP contribution in [0.4, 0.5) is 0 Å². The Bertz CT molecular complexity index is 626. The van der Waals surface area contributed by atoms with Crippen LogP contribution in [0.1, 0.15) is 37.6 Å². The van der Waals surface area contributed by atoms with Crippen molar-refractivity contribution in [1.29, 1.82) is 0 Å². The van der Waals surface area contributed by atoms with Gasteiger partial charge in [-0.2, -0.15) is 0 Å². The highest BCUT2D eigenvalue weighted by atomic mass is 79.9. The zero-order chi connectivity index (χ0) is 13.6. The van der Waals surface area contributed by atoms with Crippen LogP contribution in [0.2, 0.25) is 5.15 Å². The Kier molecular flexibility index (Phi) is 3.39. The summed E-state index contributed by atoms with van der Waals surface area (Å²) in [6.07, 6.45) is 2.00. The first-order chi connectivity index (χ1) is 9.10. The molecular weight excluding hydrogens is 328 g/mol. The van der Waals surface area contributed by atoms with Gasteiger partial charge in [-0.05, 0) is 46.8 Å². The molecule has 1 aliphatic carbocycles. The Balaban J connectivity index is 1.97. The molecule has 2 atom stereocenters. The fraction of sp³-hybridized carbons (Fsp3) is 0.429. The van der Waals surface area contributed by atoms with Gasteiger partial charge in [0.05, 0.1) is 10.2 Å². The Morgan fingerprint density at radius 3 is 2.79 bits per heavy atom. The molecule has 100 valence electrons. The van der Waals surface area contributed by atoms with Gasteiger partial charge in [0.2, 0.25) is 0 Å². The number of aryl methyl sites for hydroxylation is 1. The summed E-state index contributed by atoms with van der Waals surface area (Å²) in [6.45, 7) is 4.27. The normalized spacial score (nSPS) is 21.7. The van der Waals surface area contributed by atoms with Crippen molar-refractivity contribution < 1.29 is 4.42 Å². The van der Waals surface area contributed by atoms with E-state index >= 15 is 0 Å². The van der Waals surface area contributed by atoms with Gasteiger partial charge < -0.3 is 4.42 Å². The first-order valence-electron chi connectivity index (χ1n) is 6.42. The van der Waals surface area contributed by atoms with E-state index in [1.807, 2.05) is 19.1 Å². The average Bonchev–Trinajstić information content (AvgIpc) is 2.93. The van der Waals surface area contributed by atoms with Gasteiger partial charge in [0.25, 0.3) is 0 Å². The third-order valence-electron chi connectivity index (χ3n) is 3.54. The summed E-state index contributed by atoms with van der Waals surface area (Å²) >= 11 is 9.52. The van der Waals surface area contributed by atoms with Crippen LogP contribution in [0.5, 0.6) is 0 Å². The maximum absolute atomic E-state index is 6.11. The van der Waals surface area contributed by atoms with Crippen LogP contribution in [-0.2, 0) is 6.42 Å². The summed E-state index contributed by atoms with van der Waals surface area (Å²) in [5.74, 6) is 3.57. The molecule has 5 heteroatoms. The number of nitrogens with zero attached hydrogens (tertiary/aromatic N) is 2. The van der Waals surface area contributed by atoms with Crippen LogP contribution in [0.25, 0.3) is 11.6 Å². The van der Waals surface area contributed by atoms with E-state index in [0.29, 0.717) is 22.7 Å². The summed E-state index contributed by atoms with van der Waals surface area (Å²) in [5, 5.41) is 0.430. The van der Waals surface area contributed by atoms with E-state index < -0.39 is 0 Å². The summed E-state index contributed by atoms with van der Waals surface area (Å²) in [4.78, 5) is 8.78. The molecule has 19 heavy (non-hydrogen) atoms. The number of hydrogen-bond acceptors (Lipinski definition) is 3. The van der Waals surface area contributed by atoms with Gasteiger partial charge >= 0.3 is 0 Å². The zero-order valence-corrected chi connectivity index (χ0v) is 13.1. The van der Waals surface area contributed by atoms with Gasteiger partial charge in [-0.1, -0.05) is 25.4 Å². The van der Waals surface area contributed by atoms with Crippen LogP contribution in [-0.4, -0.2) is 9.97 Å². The van der Waals surface area contributed by atoms with E-state index in [4.69, 9.17) is 16.0 Å². The minimum absolute atomic E-state index is 0.430. The Labute approximate surface area is 125 Å². The molecule has 1 fully saturated rings. The minimum atomic E-state index is 0.430. The lowest BCUT2D eigenvalue weighted by Gasteiger charge is -2.04. The fourth-order valence-corrected chi connectivity index (χ4v) is 2.85. The Morgan fingerprint density at radius 2 is 2.16 bits per heavy atom. The van der Waals surface area contributed by atoms with E-state index in [-0.39, 0.29) is 0 Å². The summed E-state index contributed by atoms with van der Waals surface area (Å²) in [7, 11) is 0. The van der Waals surface area contributed by atoms with E-state index in [0.717, 1.165) is 28.3 Å².